The van der Waals surface area contributed by atoms with Gasteiger partial charge in [0.05, 0.1) is 0 Å². The molecule has 0 aliphatic carbocycles. The Morgan fingerprint density at radius 3 is 2.41 bits per heavy atom. The Morgan fingerprint density at radius 2 is 1.73 bits per heavy atom. The van der Waals surface area contributed by atoms with Crippen molar-refractivity contribution >= 4 is 58.0 Å². The van der Waals surface area contributed by atoms with Gasteiger partial charge in [0.1, 0.15) is 0 Å². The molecule has 0 atom stereocenters. The van der Waals surface area contributed by atoms with Crippen LogP contribution in [0.3, 0.4) is 0 Å². The molecule has 6 heteroatoms. The van der Waals surface area contributed by atoms with Crippen LogP contribution >= 0.6 is 34.0 Å². The first-order valence-electron chi connectivity index (χ1n) is 7.24. The first kappa shape index (κ1) is 16.6. The molecule has 0 saturated carbocycles. The van der Waals surface area contributed by atoms with Gasteiger partial charge in [-0.1, -0.05) is 0 Å². The molecule has 0 bridgehead atoms. The van der Waals surface area contributed by atoms with E-state index in [4.69, 9.17) is 0 Å². The monoisotopic (exact) mass is 454 g/mol. The van der Waals surface area contributed by atoms with Gasteiger partial charge in [-0.25, -0.2) is 0 Å². The van der Waals surface area contributed by atoms with E-state index in [1.54, 1.807) is 11.3 Å². The normalized spacial score (nSPS) is 12.0. The standard InChI is InChI=1S/C15H15N2S3.CH3.Sn/c1-4-15(2,3)12-6-5-10(19-12)11-9-17-14(20-11)13-16-7-8-18-13;;/h5-7,9H,4H2,1-3H3;1H3;. The van der Waals surface area contributed by atoms with Crippen LogP contribution in [0.5, 0.6) is 0 Å². The van der Waals surface area contributed by atoms with Crippen molar-refractivity contribution in [3.63, 3.8) is 0 Å². The molecular weight excluding hydrogens is 435 g/mol. The van der Waals surface area contributed by atoms with Gasteiger partial charge in [-0.05, 0) is 0 Å². The summed E-state index contributed by atoms with van der Waals surface area (Å²) < 4.78 is 1.48. The van der Waals surface area contributed by atoms with E-state index in [-0.39, 0.29) is 26.6 Å². The Bertz CT molecular complexity index is 770. The molecule has 0 amide bonds. The molecule has 3 rings (SSSR count). The molecule has 0 aliphatic rings. The Labute approximate surface area is 153 Å². The fraction of sp³-hybridized carbons (Fsp3) is 0.375. The van der Waals surface area contributed by atoms with Crippen LogP contribution < -0.4 is 2.89 Å². The van der Waals surface area contributed by atoms with Crippen LogP contribution in [0.2, 0.25) is 4.94 Å². The average molecular weight is 453 g/mol. The van der Waals surface area contributed by atoms with E-state index in [9.17, 15) is 0 Å². The van der Waals surface area contributed by atoms with Crippen LogP contribution in [-0.2, 0) is 5.41 Å². The second-order valence-electron chi connectivity index (χ2n) is 5.71. The van der Waals surface area contributed by atoms with E-state index >= 15 is 0 Å². The topological polar surface area (TPSA) is 25.8 Å². The first-order chi connectivity index (χ1) is 10.5. The molecule has 3 aromatic rings. The van der Waals surface area contributed by atoms with E-state index in [0.717, 1.165) is 16.4 Å². The zero-order valence-electron chi connectivity index (χ0n) is 13.1. The molecule has 22 heavy (non-hydrogen) atoms. The van der Waals surface area contributed by atoms with Crippen LogP contribution in [0, 0.1) is 0 Å². The van der Waals surface area contributed by atoms with Crippen LogP contribution in [-0.4, -0.2) is 31.1 Å². The molecule has 0 fully saturated rings. The van der Waals surface area contributed by atoms with Crippen LogP contribution in [0.1, 0.15) is 32.1 Å². The van der Waals surface area contributed by atoms with Gasteiger partial charge >= 0.3 is 155 Å². The maximum absolute atomic E-state index is 4.59. The summed E-state index contributed by atoms with van der Waals surface area (Å²) in [4.78, 5) is 15.5. The van der Waals surface area contributed by atoms with Crippen LogP contribution in [0.25, 0.3) is 19.8 Å². The van der Waals surface area contributed by atoms with Crippen molar-refractivity contribution in [2.24, 2.45) is 0 Å². The summed E-state index contributed by atoms with van der Waals surface area (Å²) in [6.07, 6.45) is 5.20. The first-order valence-corrected chi connectivity index (χ1v) is 14.0. The molecule has 0 aliphatic heterocycles. The minimum atomic E-state index is -0.376. The van der Waals surface area contributed by atoms with E-state index in [1.165, 1.54) is 17.5 Å². The Hall–Kier alpha value is -0.241. The third-order valence-electron chi connectivity index (χ3n) is 3.84. The summed E-state index contributed by atoms with van der Waals surface area (Å²) in [6, 6.07) is 4.51. The Kier molecular flexibility index (Phi) is 5.06. The molecule has 2 radical (unpaired) electrons. The summed E-state index contributed by atoms with van der Waals surface area (Å²) in [5, 5.41) is 2.14. The molecular formula is C16H18N2S3Sn. The average Bonchev–Trinajstić information content (AvgIpc) is 3.24. The summed E-state index contributed by atoms with van der Waals surface area (Å²) >= 11 is 5.11. The van der Waals surface area contributed by atoms with E-state index in [0.29, 0.717) is 0 Å². The van der Waals surface area contributed by atoms with E-state index < -0.39 is 0 Å². The van der Waals surface area contributed by atoms with E-state index in [1.807, 2.05) is 35.1 Å². The maximum atomic E-state index is 4.59. The van der Waals surface area contributed by atoms with Crippen molar-refractivity contribution in [3.05, 3.63) is 29.4 Å². The number of thiophene rings is 1. The van der Waals surface area contributed by atoms with Crippen molar-refractivity contribution in [1.82, 2.24) is 9.97 Å². The molecule has 0 spiro atoms. The van der Waals surface area contributed by atoms with E-state index in [2.05, 4.69) is 47.8 Å². The van der Waals surface area contributed by atoms with Gasteiger partial charge < -0.3 is 0 Å². The summed E-state index contributed by atoms with van der Waals surface area (Å²) in [5.41, 5.74) is 0.257. The minimum absolute atomic E-state index is 0.257. The zero-order chi connectivity index (χ0) is 15.7. The number of rotatable bonds is 5. The van der Waals surface area contributed by atoms with Gasteiger partial charge in [0, 0.05) is 0 Å². The Balaban J connectivity index is 1.88. The fourth-order valence-corrected chi connectivity index (χ4v) is 7.21. The third kappa shape index (κ3) is 3.32. The number of hydrogen-bond acceptors (Lipinski definition) is 5. The summed E-state index contributed by atoms with van der Waals surface area (Å²) in [7, 11) is 0. The fourth-order valence-electron chi connectivity index (χ4n) is 1.98. The molecule has 0 unspecified atom stereocenters. The van der Waals surface area contributed by atoms with Crippen molar-refractivity contribution in [2.45, 2.75) is 37.5 Å². The van der Waals surface area contributed by atoms with Crippen LogP contribution in [0.15, 0.2) is 24.5 Å². The molecule has 3 heterocycles. The van der Waals surface area contributed by atoms with Crippen molar-refractivity contribution in [2.75, 3.05) is 0 Å². The second kappa shape index (κ2) is 6.71. The number of thiazole rings is 2. The molecule has 0 saturated heterocycles. The van der Waals surface area contributed by atoms with Gasteiger partial charge in [0.25, 0.3) is 0 Å². The third-order valence-corrected chi connectivity index (χ3v) is 11.5. The van der Waals surface area contributed by atoms with Crippen molar-refractivity contribution in [3.8, 4) is 19.8 Å². The Morgan fingerprint density at radius 1 is 1.00 bits per heavy atom. The van der Waals surface area contributed by atoms with Gasteiger partial charge in [-0.15, -0.1) is 0 Å². The van der Waals surface area contributed by atoms with Gasteiger partial charge in [-0.3, -0.25) is 0 Å². The molecule has 2 nitrogen and oxygen atoms in total. The number of nitrogens with zero attached hydrogens (tertiary/aromatic N) is 2. The van der Waals surface area contributed by atoms with Crippen molar-refractivity contribution in [1.29, 1.82) is 0 Å². The second-order valence-corrected chi connectivity index (χ2v) is 12.9. The SMILES string of the molecule is CCC(C)(C)c1ccc(-c2cnc(-c3nc[c]([Sn][CH3])s3)s2)s1. The van der Waals surface area contributed by atoms with Crippen molar-refractivity contribution < 1.29 is 0 Å². The zero-order valence-corrected chi connectivity index (χ0v) is 18.4. The molecule has 114 valence electrons. The summed E-state index contributed by atoms with van der Waals surface area (Å²) in [6.45, 7) is 6.88. The van der Waals surface area contributed by atoms with Gasteiger partial charge in [0.2, 0.25) is 0 Å². The number of hydrogen-bond donors (Lipinski definition) is 0. The quantitative estimate of drug-likeness (QED) is 0.505. The predicted octanol–water partition coefficient (Wildman–Crippen LogP) is 5.06. The predicted molar refractivity (Wildman–Crippen MR) is 101 cm³/mol. The molecule has 0 N–H and O–H groups in total. The van der Waals surface area contributed by atoms with Crippen LogP contribution in [0.4, 0.5) is 0 Å². The van der Waals surface area contributed by atoms with Gasteiger partial charge in [0.15, 0.2) is 0 Å². The summed E-state index contributed by atoms with van der Waals surface area (Å²) in [5.74, 6) is 0. The molecule has 3 aromatic heterocycles. The molecule has 0 aromatic carbocycles. The number of aromatic nitrogens is 2. The van der Waals surface area contributed by atoms with Gasteiger partial charge in [-0.2, -0.15) is 0 Å².